The molecule has 188 valence electrons. The van der Waals surface area contributed by atoms with Gasteiger partial charge in [-0.25, -0.2) is 0 Å². The van der Waals surface area contributed by atoms with Crippen LogP contribution in [0.2, 0.25) is 0 Å². The van der Waals surface area contributed by atoms with Crippen LogP contribution in [0, 0.1) is 0 Å². The van der Waals surface area contributed by atoms with Gasteiger partial charge in [0.15, 0.2) is 0 Å². The van der Waals surface area contributed by atoms with Crippen molar-refractivity contribution < 1.29 is 41.0 Å². The molecule has 2 N–H and O–H groups in total. The summed E-state index contributed by atoms with van der Waals surface area (Å²) in [7, 11) is 1.60. The third-order valence-electron chi connectivity index (χ3n) is 4.73. The molecule has 0 atom stereocenters. The van der Waals surface area contributed by atoms with Crippen molar-refractivity contribution in [3.63, 3.8) is 0 Å². The molecule has 35 heavy (non-hydrogen) atoms. The molecule has 0 aliphatic rings. The monoisotopic (exact) mass is 499 g/mol. The fraction of sp³-hybridized carbons (Fsp3) is 0.240. The van der Waals surface area contributed by atoms with Crippen LogP contribution >= 0.6 is 0 Å². The second-order valence-corrected chi connectivity index (χ2v) is 7.37. The molecule has 10 heteroatoms. The minimum absolute atomic E-state index is 0.266. The van der Waals surface area contributed by atoms with Gasteiger partial charge < -0.3 is 15.2 Å². The number of aliphatic carboxylic acids is 1. The zero-order valence-electron chi connectivity index (χ0n) is 18.6. The second-order valence-electron chi connectivity index (χ2n) is 7.37. The number of rotatable bonds is 7. The van der Waals surface area contributed by atoms with Gasteiger partial charge in [0.05, 0.1) is 24.7 Å². The van der Waals surface area contributed by atoms with Crippen LogP contribution in [0.25, 0.3) is 0 Å². The van der Waals surface area contributed by atoms with Gasteiger partial charge in [0.2, 0.25) is 0 Å². The Morgan fingerprint density at radius 3 is 1.80 bits per heavy atom. The van der Waals surface area contributed by atoms with E-state index in [-0.39, 0.29) is 6.42 Å². The standard InChI is InChI=1S/C16H16F3NO.C9H7F3O2/c1-21-15-4-2-3-14(11-15)20-10-9-12-5-7-13(8-6-12)16(17,18)19;10-9(11,12)7-3-1-6(2-4-7)5-8(13)14/h2-8,11,20H,9-10H2,1H3;1-4H,5H2,(H,13,14). The van der Waals surface area contributed by atoms with E-state index in [1.807, 2.05) is 24.3 Å². The number of carboxylic acids is 1. The summed E-state index contributed by atoms with van der Waals surface area (Å²) in [6.45, 7) is 0.637. The highest BCUT2D eigenvalue weighted by molar-refractivity contribution is 5.70. The second kappa shape index (κ2) is 12.1. The lowest BCUT2D eigenvalue weighted by atomic mass is 10.1. The highest BCUT2D eigenvalue weighted by atomic mass is 19.4. The Bertz CT molecular complexity index is 1080. The summed E-state index contributed by atoms with van der Waals surface area (Å²) in [5.41, 5.74) is 0.740. The third kappa shape index (κ3) is 9.60. The normalized spacial score (nSPS) is 11.3. The molecule has 0 amide bonds. The Morgan fingerprint density at radius 2 is 1.34 bits per heavy atom. The van der Waals surface area contributed by atoms with Crippen molar-refractivity contribution >= 4 is 11.7 Å². The molecule has 3 aromatic rings. The minimum atomic E-state index is -4.37. The zero-order valence-corrected chi connectivity index (χ0v) is 18.6. The van der Waals surface area contributed by atoms with Crippen LogP contribution in [-0.2, 0) is 30.0 Å². The van der Waals surface area contributed by atoms with Crippen molar-refractivity contribution in [3.8, 4) is 5.75 Å². The maximum atomic E-state index is 12.4. The summed E-state index contributed by atoms with van der Waals surface area (Å²) in [6, 6.07) is 16.8. The first-order valence-electron chi connectivity index (χ1n) is 10.3. The van der Waals surface area contributed by atoms with Crippen LogP contribution in [0.3, 0.4) is 0 Å². The van der Waals surface area contributed by atoms with Gasteiger partial charge in [-0.1, -0.05) is 30.3 Å². The lowest BCUT2D eigenvalue weighted by Crippen LogP contribution is -2.07. The Balaban J connectivity index is 0.000000269. The van der Waals surface area contributed by atoms with Crippen LogP contribution in [0.1, 0.15) is 22.3 Å². The van der Waals surface area contributed by atoms with E-state index in [4.69, 9.17) is 9.84 Å². The fourth-order valence-corrected chi connectivity index (χ4v) is 2.93. The number of halogens is 6. The maximum absolute atomic E-state index is 12.4. The topological polar surface area (TPSA) is 58.6 Å². The number of carbonyl (C=O) groups is 1. The number of nitrogens with one attached hydrogen (secondary N) is 1. The summed E-state index contributed by atoms with van der Waals surface area (Å²) in [5.74, 6) is -0.306. The van der Waals surface area contributed by atoms with Gasteiger partial charge in [-0.2, -0.15) is 26.3 Å². The molecule has 3 rings (SSSR count). The van der Waals surface area contributed by atoms with Crippen LogP contribution in [0.4, 0.5) is 32.0 Å². The van der Waals surface area contributed by atoms with Gasteiger partial charge in [0, 0.05) is 18.3 Å². The van der Waals surface area contributed by atoms with Crippen molar-refractivity contribution in [1.29, 1.82) is 0 Å². The molecule has 0 fully saturated rings. The third-order valence-corrected chi connectivity index (χ3v) is 4.73. The van der Waals surface area contributed by atoms with Crippen LogP contribution in [0.5, 0.6) is 5.75 Å². The summed E-state index contributed by atoms with van der Waals surface area (Å²) in [5, 5.41) is 11.6. The highest BCUT2D eigenvalue weighted by Crippen LogP contribution is 2.30. The quantitative estimate of drug-likeness (QED) is 0.355. The average molecular weight is 499 g/mol. The fourth-order valence-electron chi connectivity index (χ4n) is 2.93. The van der Waals surface area contributed by atoms with E-state index in [2.05, 4.69) is 5.32 Å². The van der Waals surface area contributed by atoms with E-state index < -0.39 is 29.4 Å². The van der Waals surface area contributed by atoms with E-state index >= 15 is 0 Å². The van der Waals surface area contributed by atoms with Crippen LogP contribution in [-0.4, -0.2) is 24.7 Å². The van der Waals surface area contributed by atoms with Gasteiger partial charge >= 0.3 is 18.3 Å². The van der Waals surface area contributed by atoms with Crippen molar-refractivity contribution in [3.05, 3.63) is 95.1 Å². The largest absolute Gasteiger partial charge is 0.497 e. The first-order valence-corrected chi connectivity index (χ1v) is 10.3. The summed E-state index contributed by atoms with van der Waals surface area (Å²) in [6.07, 6.45) is -8.27. The predicted octanol–water partition coefficient (Wildman–Crippen LogP) is 6.70. The molecule has 0 radical (unpaired) electrons. The Kier molecular flexibility index (Phi) is 9.56. The molecule has 0 aromatic heterocycles. The van der Waals surface area contributed by atoms with Crippen molar-refractivity contribution in [2.45, 2.75) is 25.2 Å². The zero-order chi connectivity index (χ0) is 26.1. The molecular formula is C25H23F6NO3. The number of alkyl halides is 6. The van der Waals surface area contributed by atoms with E-state index in [0.29, 0.717) is 18.5 Å². The SMILES string of the molecule is COc1cccc(NCCc2ccc(C(F)(F)F)cc2)c1.O=C(O)Cc1ccc(C(F)(F)F)cc1. The smallest absolute Gasteiger partial charge is 0.416 e. The lowest BCUT2D eigenvalue weighted by Gasteiger charge is -2.09. The number of methoxy groups -OCH3 is 1. The first-order chi connectivity index (χ1) is 16.4. The summed E-state index contributed by atoms with van der Waals surface area (Å²) in [4.78, 5) is 10.2. The number of carboxylic acid groups (broad SMARTS) is 1. The summed E-state index contributed by atoms with van der Waals surface area (Å²) < 4.78 is 78.6. The average Bonchev–Trinajstić information content (AvgIpc) is 2.79. The molecule has 0 unspecified atom stereocenters. The minimum Gasteiger partial charge on any atom is -0.497 e. The Labute approximate surface area is 198 Å². The van der Waals surface area contributed by atoms with E-state index in [1.54, 1.807) is 7.11 Å². The number of ether oxygens (including phenoxy) is 1. The van der Waals surface area contributed by atoms with Crippen LogP contribution in [0.15, 0.2) is 72.8 Å². The highest BCUT2D eigenvalue weighted by Gasteiger charge is 2.30. The van der Waals surface area contributed by atoms with E-state index in [9.17, 15) is 31.1 Å². The molecule has 0 saturated heterocycles. The molecule has 0 saturated carbocycles. The number of hydrogen-bond acceptors (Lipinski definition) is 3. The molecule has 0 bridgehead atoms. The van der Waals surface area contributed by atoms with Gasteiger partial charge in [0.25, 0.3) is 0 Å². The van der Waals surface area contributed by atoms with Crippen molar-refractivity contribution in [1.82, 2.24) is 0 Å². The molecule has 0 heterocycles. The van der Waals surface area contributed by atoms with Gasteiger partial charge in [0.1, 0.15) is 5.75 Å². The van der Waals surface area contributed by atoms with Gasteiger partial charge in [-0.15, -0.1) is 0 Å². The number of benzene rings is 3. The number of anilines is 1. The van der Waals surface area contributed by atoms with Crippen molar-refractivity contribution in [2.24, 2.45) is 0 Å². The molecule has 0 spiro atoms. The van der Waals surface area contributed by atoms with E-state index in [1.165, 1.54) is 12.1 Å². The molecule has 0 aliphatic heterocycles. The molecule has 0 aliphatic carbocycles. The predicted molar refractivity (Wildman–Crippen MR) is 119 cm³/mol. The van der Waals surface area contributed by atoms with Gasteiger partial charge in [-0.3, -0.25) is 4.79 Å². The number of hydrogen-bond donors (Lipinski definition) is 2. The summed E-state index contributed by atoms with van der Waals surface area (Å²) >= 11 is 0. The van der Waals surface area contributed by atoms with Crippen LogP contribution < -0.4 is 10.1 Å². The van der Waals surface area contributed by atoms with E-state index in [0.717, 1.165) is 53.4 Å². The Hall–Kier alpha value is -3.69. The van der Waals surface area contributed by atoms with Gasteiger partial charge in [-0.05, 0) is 53.9 Å². The lowest BCUT2D eigenvalue weighted by molar-refractivity contribution is -0.138. The van der Waals surface area contributed by atoms with Crippen molar-refractivity contribution in [2.75, 3.05) is 19.0 Å². The Morgan fingerprint density at radius 1 is 0.829 bits per heavy atom. The molecule has 4 nitrogen and oxygen atoms in total. The maximum Gasteiger partial charge on any atom is 0.416 e. The first kappa shape index (κ1) is 27.6. The molecule has 3 aromatic carbocycles. The molecular weight excluding hydrogens is 476 g/mol.